The van der Waals surface area contributed by atoms with Crippen LogP contribution in [0.2, 0.25) is 0 Å². The summed E-state index contributed by atoms with van der Waals surface area (Å²) in [5.74, 6) is -0.782. The van der Waals surface area contributed by atoms with Crippen molar-refractivity contribution in [2.75, 3.05) is 12.4 Å². The number of carbonyl (C=O) groups excluding carboxylic acids is 2. The third kappa shape index (κ3) is 8.90. The lowest BCUT2D eigenvalue weighted by Gasteiger charge is -2.23. The number of rotatable bonds is 8. The number of hydrogen-bond acceptors (Lipinski definition) is 6. The number of ether oxygens (including phenoxy) is 2. The highest BCUT2D eigenvalue weighted by Gasteiger charge is 2.26. The van der Waals surface area contributed by atoms with Crippen LogP contribution in [0.15, 0.2) is 29.2 Å². The molecule has 0 saturated carbocycles. The highest BCUT2D eigenvalue weighted by atomic mass is 32.2. The Morgan fingerprint density at radius 1 is 1.15 bits per heavy atom. The van der Waals surface area contributed by atoms with Crippen LogP contribution in [0, 0.1) is 6.92 Å². The van der Waals surface area contributed by atoms with Crippen LogP contribution < -0.4 is 5.32 Å². The number of carbonyl (C=O) groups is 2. The fourth-order valence-electron chi connectivity index (χ4n) is 2.30. The quantitative estimate of drug-likeness (QED) is 0.675. The van der Waals surface area contributed by atoms with Crippen LogP contribution in [0.5, 0.6) is 0 Å². The van der Waals surface area contributed by atoms with Crippen molar-refractivity contribution in [1.29, 1.82) is 0 Å². The van der Waals surface area contributed by atoms with E-state index in [9.17, 15) is 18.0 Å². The Kier molecular flexibility index (Phi) is 8.27. The Morgan fingerprint density at radius 2 is 1.74 bits per heavy atom. The molecule has 1 amide bonds. The minimum Gasteiger partial charge on any atom is -0.466 e. The monoisotopic (exact) mass is 399 g/mol. The second-order valence-electron chi connectivity index (χ2n) is 7.28. The predicted octanol–water partition coefficient (Wildman–Crippen LogP) is 3.01. The molecule has 0 aliphatic carbocycles. The molecule has 0 saturated heterocycles. The first kappa shape index (κ1) is 23.0. The van der Waals surface area contributed by atoms with Crippen molar-refractivity contribution in [2.45, 2.75) is 64.0 Å². The summed E-state index contributed by atoms with van der Waals surface area (Å²) in [5.41, 5.74) is 0.227. The molecule has 1 aromatic rings. The fourth-order valence-corrected chi connectivity index (χ4v) is 3.83. The van der Waals surface area contributed by atoms with E-state index in [4.69, 9.17) is 9.47 Å². The van der Waals surface area contributed by atoms with E-state index in [2.05, 4.69) is 5.32 Å². The molecule has 1 atom stereocenters. The number of hydrogen-bond donors (Lipinski definition) is 1. The molecular weight excluding hydrogens is 370 g/mol. The van der Waals surface area contributed by atoms with E-state index >= 15 is 0 Å². The summed E-state index contributed by atoms with van der Waals surface area (Å²) in [7, 11) is -3.65. The maximum absolute atomic E-state index is 12.7. The van der Waals surface area contributed by atoms with Gasteiger partial charge < -0.3 is 14.8 Å². The van der Waals surface area contributed by atoms with Crippen molar-refractivity contribution >= 4 is 21.9 Å². The normalized spacial score (nSPS) is 12.9. The van der Waals surface area contributed by atoms with Crippen LogP contribution in [-0.2, 0) is 24.1 Å². The van der Waals surface area contributed by atoms with Crippen LogP contribution in [0.3, 0.4) is 0 Å². The second kappa shape index (κ2) is 9.73. The molecule has 8 heteroatoms. The van der Waals surface area contributed by atoms with Gasteiger partial charge in [0.15, 0.2) is 9.84 Å². The molecule has 1 aromatic carbocycles. The molecule has 0 aliphatic heterocycles. The minimum atomic E-state index is -3.65. The van der Waals surface area contributed by atoms with Crippen molar-refractivity contribution in [3.63, 3.8) is 0 Å². The van der Waals surface area contributed by atoms with Crippen molar-refractivity contribution in [3.05, 3.63) is 29.8 Å². The van der Waals surface area contributed by atoms with Crippen LogP contribution >= 0.6 is 0 Å². The van der Waals surface area contributed by atoms with Gasteiger partial charge in [-0.3, -0.25) is 4.79 Å². The van der Waals surface area contributed by atoms with Gasteiger partial charge in [0.05, 0.1) is 17.3 Å². The SMILES string of the molecule is CCOC(=O)CC[C@@H](CS(=O)(=O)c1ccc(C)cc1)NC(=O)OC(C)(C)C. The van der Waals surface area contributed by atoms with Crippen LogP contribution in [0.1, 0.15) is 46.1 Å². The van der Waals surface area contributed by atoms with Crippen molar-refractivity contribution < 1.29 is 27.5 Å². The molecule has 0 aliphatic rings. The number of aryl methyl sites for hydroxylation is 1. The molecule has 0 radical (unpaired) electrons. The van der Waals surface area contributed by atoms with Gasteiger partial charge in [-0.25, -0.2) is 13.2 Å². The Balaban J connectivity index is 2.89. The molecule has 27 heavy (non-hydrogen) atoms. The maximum atomic E-state index is 12.7. The largest absolute Gasteiger partial charge is 0.466 e. The zero-order valence-electron chi connectivity index (χ0n) is 16.6. The van der Waals surface area contributed by atoms with Crippen LogP contribution in [0.4, 0.5) is 4.79 Å². The van der Waals surface area contributed by atoms with Gasteiger partial charge in [-0.15, -0.1) is 0 Å². The Hall–Kier alpha value is -2.09. The zero-order valence-corrected chi connectivity index (χ0v) is 17.4. The number of esters is 1. The van der Waals surface area contributed by atoms with Gasteiger partial charge in [0.25, 0.3) is 0 Å². The lowest BCUT2D eigenvalue weighted by Crippen LogP contribution is -2.43. The van der Waals surface area contributed by atoms with Crippen molar-refractivity contribution in [2.24, 2.45) is 0 Å². The summed E-state index contributed by atoms with van der Waals surface area (Å²) in [4.78, 5) is 23.8. The summed E-state index contributed by atoms with van der Waals surface area (Å²) >= 11 is 0. The van der Waals surface area contributed by atoms with E-state index in [1.165, 1.54) is 12.1 Å². The first-order valence-corrected chi connectivity index (χ1v) is 10.5. The average Bonchev–Trinajstić information content (AvgIpc) is 2.51. The molecule has 1 N–H and O–H groups in total. The fraction of sp³-hybridized carbons (Fsp3) is 0.579. The van der Waals surface area contributed by atoms with E-state index in [1.54, 1.807) is 39.8 Å². The highest BCUT2D eigenvalue weighted by Crippen LogP contribution is 2.16. The van der Waals surface area contributed by atoms with E-state index in [0.717, 1.165) is 5.56 Å². The predicted molar refractivity (Wildman–Crippen MR) is 102 cm³/mol. The van der Waals surface area contributed by atoms with E-state index < -0.39 is 33.5 Å². The smallest absolute Gasteiger partial charge is 0.407 e. The van der Waals surface area contributed by atoms with Gasteiger partial charge in [0.2, 0.25) is 0 Å². The van der Waals surface area contributed by atoms with Gasteiger partial charge in [-0.1, -0.05) is 17.7 Å². The summed E-state index contributed by atoms with van der Waals surface area (Å²) in [5, 5.41) is 2.56. The number of alkyl carbamates (subject to hydrolysis) is 1. The maximum Gasteiger partial charge on any atom is 0.407 e. The standard InChI is InChI=1S/C19H29NO6S/c1-6-25-17(21)12-9-15(20-18(22)26-19(3,4)5)13-27(23,24)16-10-7-14(2)8-11-16/h7-8,10-11,15H,6,9,12-13H2,1-5H3,(H,20,22)/t15-/m0/s1. The summed E-state index contributed by atoms with van der Waals surface area (Å²) < 4.78 is 35.4. The molecule has 0 unspecified atom stereocenters. The van der Waals surface area contributed by atoms with Crippen LogP contribution in [-0.4, -0.2) is 44.5 Å². The summed E-state index contributed by atoms with van der Waals surface area (Å²) in [6.07, 6.45) is -0.601. The Morgan fingerprint density at radius 3 is 2.26 bits per heavy atom. The average molecular weight is 400 g/mol. The van der Waals surface area contributed by atoms with Crippen molar-refractivity contribution in [1.82, 2.24) is 5.32 Å². The van der Waals surface area contributed by atoms with Gasteiger partial charge in [0.1, 0.15) is 5.60 Å². The molecule has 0 spiro atoms. The van der Waals surface area contributed by atoms with Gasteiger partial charge in [-0.05, 0) is 53.2 Å². The van der Waals surface area contributed by atoms with Gasteiger partial charge >= 0.3 is 12.1 Å². The van der Waals surface area contributed by atoms with E-state index in [-0.39, 0.29) is 30.1 Å². The van der Waals surface area contributed by atoms with Gasteiger partial charge in [0, 0.05) is 12.5 Å². The molecule has 7 nitrogen and oxygen atoms in total. The zero-order chi connectivity index (χ0) is 20.7. The summed E-state index contributed by atoms with van der Waals surface area (Å²) in [6, 6.07) is 5.69. The molecule has 1 rings (SSSR count). The van der Waals surface area contributed by atoms with Crippen LogP contribution in [0.25, 0.3) is 0 Å². The summed E-state index contributed by atoms with van der Waals surface area (Å²) in [6.45, 7) is 8.93. The number of benzene rings is 1. The first-order valence-electron chi connectivity index (χ1n) is 8.87. The topological polar surface area (TPSA) is 98.8 Å². The van der Waals surface area contributed by atoms with Crippen molar-refractivity contribution in [3.8, 4) is 0 Å². The lowest BCUT2D eigenvalue weighted by atomic mass is 10.2. The Labute approximate surface area is 161 Å². The van der Waals surface area contributed by atoms with Gasteiger partial charge in [-0.2, -0.15) is 0 Å². The van der Waals surface area contributed by atoms with E-state index in [0.29, 0.717) is 0 Å². The molecular formula is C19H29NO6S. The minimum absolute atomic E-state index is 0.00226. The molecule has 0 aromatic heterocycles. The lowest BCUT2D eigenvalue weighted by molar-refractivity contribution is -0.143. The third-order valence-electron chi connectivity index (χ3n) is 3.52. The third-order valence-corrected chi connectivity index (χ3v) is 5.36. The number of amides is 1. The molecule has 0 heterocycles. The first-order chi connectivity index (χ1) is 12.4. The number of sulfone groups is 1. The molecule has 0 bridgehead atoms. The van der Waals surface area contributed by atoms with E-state index in [1.807, 2.05) is 6.92 Å². The molecule has 0 fully saturated rings. The second-order valence-corrected chi connectivity index (χ2v) is 9.32. The number of nitrogens with one attached hydrogen (secondary N) is 1. The highest BCUT2D eigenvalue weighted by molar-refractivity contribution is 7.91. The Bertz CT molecular complexity index is 734. The molecule has 152 valence electrons.